The first-order valence-electron chi connectivity index (χ1n) is 13.4. The van der Waals surface area contributed by atoms with Gasteiger partial charge in [0.05, 0.1) is 4.92 Å². The number of aromatic nitrogens is 1. The van der Waals surface area contributed by atoms with Gasteiger partial charge >= 0.3 is 0 Å². The van der Waals surface area contributed by atoms with Crippen molar-refractivity contribution in [1.82, 2.24) is 10.3 Å². The summed E-state index contributed by atoms with van der Waals surface area (Å²) in [6, 6.07) is 16.3. The first-order valence-corrected chi connectivity index (χ1v) is 13.8. The first kappa shape index (κ1) is 27.3. The minimum absolute atomic E-state index is 0.0761. The van der Waals surface area contributed by atoms with Gasteiger partial charge in [-0.05, 0) is 91.8 Å². The Labute approximate surface area is 237 Å². The molecule has 206 valence electrons. The van der Waals surface area contributed by atoms with Gasteiger partial charge in [-0.1, -0.05) is 26.0 Å². The molecule has 1 amide bonds. The van der Waals surface area contributed by atoms with E-state index in [9.17, 15) is 14.9 Å². The van der Waals surface area contributed by atoms with Crippen LogP contribution in [0.1, 0.15) is 60.5 Å². The van der Waals surface area contributed by atoms with Crippen molar-refractivity contribution >= 4 is 51.4 Å². The number of nitro benzene ring substituents is 1. The Morgan fingerprint density at radius 3 is 2.58 bits per heavy atom. The number of oxazole rings is 1. The Kier molecular flexibility index (Phi) is 7.79. The molecule has 1 saturated heterocycles. The molecule has 9 nitrogen and oxygen atoms in total. The molecule has 2 heterocycles. The normalized spacial score (nSPS) is 13.4. The molecule has 0 saturated carbocycles. The van der Waals surface area contributed by atoms with E-state index < -0.39 is 10.8 Å². The molecule has 1 aliphatic heterocycles. The summed E-state index contributed by atoms with van der Waals surface area (Å²) in [6.45, 7) is 7.71. The highest BCUT2D eigenvalue weighted by Gasteiger charge is 2.23. The third-order valence-electron chi connectivity index (χ3n) is 7.17. The molecule has 0 aliphatic carbocycles. The average molecular weight is 558 g/mol. The maximum atomic E-state index is 13.0. The molecular weight excluding hydrogens is 526 g/mol. The van der Waals surface area contributed by atoms with Crippen LogP contribution in [0.4, 0.5) is 17.1 Å². The second-order valence-electron chi connectivity index (χ2n) is 10.3. The number of carbonyl (C=O) groups is 1. The SMILES string of the molecule is Cc1ccc(-c2nc3cc(C(C)C)ccc3o2)cc1NC(=S)NC(=O)c1ccc(N2CCCCC2)c([N+](=O)[O-])c1. The number of benzene rings is 3. The summed E-state index contributed by atoms with van der Waals surface area (Å²) < 4.78 is 6.00. The highest BCUT2D eigenvalue weighted by Crippen LogP contribution is 2.32. The van der Waals surface area contributed by atoms with Crippen LogP contribution in [-0.4, -0.2) is 34.0 Å². The van der Waals surface area contributed by atoms with Crippen molar-refractivity contribution in [1.29, 1.82) is 0 Å². The lowest BCUT2D eigenvalue weighted by Gasteiger charge is -2.28. The molecule has 0 unspecified atom stereocenters. The second kappa shape index (κ2) is 11.4. The van der Waals surface area contributed by atoms with Crippen LogP contribution in [0.2, 0.25) is 0 Å². The van der Waals surface area contributed by atoms with Gasteiger partial charge in [-0.25, -0.2) is 4.98 Å². The predicted octanol–water partition coefficient (Wildman–Crippen LogP) is 6.95. The fraction of sp³-hybridized carbons (Fsp3) is 0.300. The van der Waals surface area contributed by atoms with Gasteiger partial charge in [0, 0.05) is 36.0 Å². The molecule has 0 radical (unpaired) electrons. The van der Waals surface area contributed by atoms with E-state index in [4.69, 9.17) is 16.6 Å². The Bertz CT molecular complexity index is 1610. The average Bonchev–Trinajstić information content (AvgIpc) is 3.38. The van der Waals surface area contributed by atoms with Crippen molar-refractivity contribution in [2.75, 3.05) is 23.3 Å². The van der Waals surface area contributed by atoms with E-state index in [2.05, 4.69) is 29.5 Å². The zero-order valence-corrected chi connectivity index (χ0v) is 23.5. The van der Waals surface area contributed by atoms with Gasteiger partial charge in [-0.2, -0.15) is 0 Å². The molecule has 2 N–H and O–H groups in total. The second-order valence-corrected chi connectivity index (χ2v) is 10.8. The summed E-state index contributed by atoms with van der Waals surface area (Å²) in [4.78, 5) is 31.0. The Morgan fingerprint density at radius 2 is 1.85 bits per heavy atom. The van der Waals surface area contributed by atoms with Gasteiger partial charge in [-0.15, -0.1) is 0 Å². The number of piperidine rings is 1. The Morgan fingerprint density at radius 1 is 1.07 bits per heavy atom. The molecule has 1 aromatic heterocycles. The molecule has 0 atom stereocenters. The van der Waals surface area contributed by atoms with Crippen LogP contribution in [-0.2, 0) is 0 Å². The molecule has 1 fully saturated rings. The lowest BCUT2D eigenvalue weighted by atomic mass is 10.0. The number of aryl methyl sites for hydroxylation is 1. The fourth-order valence-electron chi connectivity index (χ4n) is 4.86. The molecule has 10 heteroatoms. The summed E-state index contributed by atoms with van der Waals surface area (Å²) >= 11 is 5.41. The number of fused-ring (bicyclic) bond motifs is 1. The van der Waals surface area contributed by atoms with Gasteiger partial charge in [-0.3, -0.25) is 20.2 Å². The fourth-order valence-corrected chi connectivity index (χ4v) is 5.06. The van der Waals surface area contributed by atoms with Crippen molar-refractivity contribution in [3.63, 3.8) is 0 Å². The summed E-state index contributed by atoms with van der Waals surface area (Å²) in [7, 11) is 0. The maximum absolute atomic E-state index is 13.0. The van der Waals surface area contributed by atoms with Crippen LogP contribution in [0, 0.1) is 17.0 Å². The molecule has 5 rings (SSSR count). The zero-order valence-electron chi connectivity index (χ0n) is 22.7. The number of nitrogens with zero attached hydrogens (tertiary/aromatic N) is 3. The van der Waals surface area contributed by atoms with Gasteiger partial charge in [0.15, 0.2) is 10.7 Å². The standard InChI is InChI=1S/C30H31N5O4S/c1-18(2)20-10-12-27-24(15-20)31-29(39-27)22-8-7-19(3)23(16-22)32-30(40)33-28(36)21-9-11-25(26(17-21)35(37)38)34-13-5-4-6-14-34/h7-12,15-18H,4-6,13-14H2,1-3H3,(H2,32,33,36,40). The molecule has 0 spiro atoms. The van der Waals surface area contributed by atoms with Crippen LogP contribution in [0.5, 0.6) is 0 Å². The highest BCUT2D eigenvalue weighted by molar-refractivity contribution is 7.80. The van der Waals surface area contributed by atoms with E-state index in [1.807, 2.05) is 48.2 Å². The van der Waals surface area contributed by atoms with Gasteiger partial charge in [0.1, 0.15) is 11.2 Å². The monoisotopic (exact) mass is 557 g/mol. The third kappa shape index (κ3) is 5.81. The van der Waals surface area contributed by atoms with Gasteiger partial charge in [0.25, 0.3) is 11.6 Å². The van der Waals surface area contributed by atoms with E-state index >= 15 is 0 Å². The highest BCUT2D eigenvalue weighted by atomic mass is 32.1. The quantitative estimate of drug-likeness (QED) is 0.149. The van der Waals surface area contributed by atoms with E-state index in [0.29, 0.717) is 28.8 Å². The number of carbonyl (C=O) groups excluding carboxylic acids is 1. The lowest BCUT2D eigenvalue weighted by Crippen LogP contribution is -2.34. The topological polar surface area (TPSA) is 114 Å². The summed E-state index contributed by atoms with van der Waals surface area (Å²) in [6.07, 6.45) is 3.10. The number of hydrogen-bond acceptors (Lipinski definition) is 7. The molecular formula is C30H31N5O4S. The van der Waals surface area contributed by atoms with Crippen molar-refractivity contribution in [3.8, 4) is 11.5 Å². The largest absolute Gasteiger partial charge is 0.436 e. The minimum Gasteiger partial charge on any atom is -0.436 e. The van der Waals surface area contributed by atoms with Gasteiger partial charge in [0.2, 0.25) is 5.89 Å². The van der Waals surface area contributed by atoms with Crippen molar-refractivity contribution in [2.45, 2.75) is 46.0 Å². The minimum atomic E-state index is -0.528. The lowest BCUT2D eigenvalue weighted by molar-refractivity contribution is -0.384. The summed E-state index contributed by atoms with van der Waals surface area (Å²) in [5, 5.41) is 17.6. The number of nitrogens with one attached hydrogen (secondary N) is 2. The number of anilines is 2. The summed E-state index contributed by atoms with van der Waals surface area (Å²) in [5.74, 6) is 0.337. The zero-order chi connectivity index (χ0) is 28.4. The van der Waals surface area contributed by atoms with E-state index in [1.54, 1.807) is 12.1 Å². The molecule has 40 heavy (non-hydrogen) atoms. The Balaban J connectivity index is 1.31. The van der Waals surface area contributed by atoms with E-state index in [-0.39, 0.29) is 16.4 Å². The number of rotatable bonds is 6. The van der Waals surface area contributed by atoms with Crippen molar-refractivity contribution in [3.05, 3.63) is 81.4 Å². The maximum Gasteiger partial charge on any atom is 0.293 e. The van der Waals surface area contributed by atoms with Crippen LogP contribution in [0.25, 0.3) is 22.6 Å². The molecule has 0 bridgehead atoms. The van der Waals surface area contributed by atoms with Crippen LogP contribution in [0.15, 0.2) is 59.0 Å². The third-order valence-corrected chi connectivity index (χ3v) is 7.37. The van der Waals surface area contributed by atoms with Crippen LogP contribution >= 0.6 is 12.2 Å². The number of amides is 1. The first-order chi connectivity index (χ1) is 19.2. The van der Waals surface area contributed by atoms with E-state index in [1.165, 1.54) is 11.6 Å². The summed E-state index contributed by atoms with van der Waals surface area (Å²) in [5.41, 5.74) is 5.63. The number of hydrogen-bond donors (Lipinski definition) is 2. The van der Waals surface area contributed by atoms with Crippen molar-refractivity contribution < 1.29 is 14.1 Å². The van der Waals surface area contributed by atoms with Crippen LogP contribution < -0.4 is 15.5 Å². The number of thiocarbonyl (C=S) groups is 1. The molecule has 3 aromatic carbocycles. The van der Waals surface area contributed by atoms with E-state index in [0.717, 1.165) is 49.0 Å². The van der Waals surface area contributed by atoms with Crippen LogP contribution in [0.3, 0.4) is 0 Å². The number of nitro groups is 1. The molecule has 4 aromatic rings. The Hall–Kier alpha value is -4.31. The van der Waals surface area contributed by atoms with Gasteiger partial charge < -0.3 is 14.6 Å². The molecule has 1 aliphatic rings. The predicted molar refractivity (Wildman–Crippen MR) is 161 cm³/mol. The smallest absolute Gasteiger partial charge is 0.293 e. The van der Waals surface area contributed by atoms with Crippen molar-refractivity contribution in [2.24, 2.45) is 0 Å².